The molecule has 1 heterocycles. The molecule has 0 aliphatic heterocycles. The summed E-state index contributed by atoms with van der Waals surface area (Å²) in [6.45, 7) is 10.9. The highest BCUT2D eigenvalue weighted by molar-refractivity contribution is 7.80. The summed E-state index contributed by atoms with van der Waals surface area (Å²) in [7, 11) is 0. The average Bonchev–Trinajstić information content (AvgIpc) is 3.05. The summed E-state index contributed by atoms with van der Waals surface area (Å²) in [6.07, 6.45) is 4.22. The Morgan fingerprint density at radius 3 is 2.50 bits per heavy atom. The summed E-state index contributed by atoms with van der Waals surface area (Å²) in [5.74, 6) is -0.256. The van der Waals surface area contributed by atoms with E-state index < -0.39 is 0 Å². The Morgan fingerprint density at radius 1 is 1.20 bits per heavy atom. The van der Waals surface area contributed by atoms with E-state index in [9.17, 15) is 4.79 Å². The van der Waals surface area contributed by atoms with Crippen molar-refractivity contribution in [2.45, 2.75) is 71.8 Å². The van der Waals surface area contributed by atoms with Crippen LogP contribution in [0.3, 0.4) is 0 Å². The van der Waals surface area contributed by atoms with Crippen LogP contribution in [0, 0.1) is 0 Å². The second-order valence-electron chi connectivity index (χ2n) is 8.83. The number of rotatable bonds is 5. The highest BCUT2D eigenvalue weighted by Gasteiger charge is 2.27. The van der Waals surface area contributed by atoms with E-state index in [4.69, 9.17) is 17.0 Å². The molecule has 1 aliphatic carbocycles. The lowest BCUT2D eigenvalue weighted by atomic mass is 9.86. The number of hydrogen-bond acceptors (Lipinski definition) is 4. The molecule has 0 spiro atoms. The van der Waals surface area contributed by atoms with Gasteiger partial charge in [0.2, 0.25) is 0 Å². The summed E-state index contributed by atoms with van der Waals surface area (Å²) in [5.41, 5.74) is 4.42. The monoisotopic (exact) mass is 444 g/mol. The molecule has 0 saturated heterocycles. The van der Waals surface area contributed by atoms with Crippen molar-refractivity contribution >= 4 is 39.6 Å². The van der Waals surface area contributed by atoms with Crippen molar-refractivity contribution in [3.8, 4) is 0 Å². The quantitative estimate of drug-likeness (QED) is 0.428. The van der Waals surface area contributed by atoms with Crippen molar-refractivity contribution in [1.29, 1.82) is 0 Å². The zero-order valence-corrected chi connectivity index (χ0v) is 20.2. The second-order valence-corrected chi connectivity index (χ2v) is 10.3. The van der Waals surface area contributed by atoms with Gasteiger partial charge in [-0.3, -0.25) is 0 Å². The maximum Gasteiger partial charge on any atom is 0.341 e. The standard InChI is InChI=1S/C24H32N2O2S2/c1-6-28-22(27)20-18-9-7-8-10-19(18)30-21(20)26-23(29)25-15(2)16-11-13-17(14-12-16)24(3,4)5/h11-15H,6-10H2,1-5H3,(H2,25,26,29). The summed E-state index contributed by atoms with van der Waals surface area (Å²) in [4.78, 5) is 13.9. The van der Waals surface area contributed by atoms with E-state index in [0.29, 0.717) is 17.3 Å². The molecule has 1 aromatic heterocycles. The van der Waals surface area contributed by atoms with Crippen LogP contribution in [0.1, 0.15) is 85.4 Å². The van der Waals surface area contributed by atoms with Gasteiger partial charge in [-0.2, -0.15) is 0 Å². The number of thiocarbonyl (C=S) groups is 1. The summed E-state index contributed by atoms with van der Waals surface area (Å²) in [5, 5.41) is 7.96. The van der Waals surface area contributed by atoms with E-state index in [1.165, 1.54) is 22.4 Å². The summed E-state index contributed by atoms with van der Waals surface area (Å²) < 4.78 is 5.33. The Balaban J connectivity index is 1.73. The molecule has 1 unspecified atom stereocenters. The molecule has 0 radical (unpaired) electrons. The molecule has 1 aromatic carbocycles. The van der Waals surface area contributed by atoms with E-state index in [1.54, 1.807) is 11.3 Å². The van der Waals surface area contributed by atoms with Crippen molar-refractivity contribution < 1.29 is 9.53 Å². The van der Waals surface area contributed by atoms with E-state index in [0.717, 1.165) is 29.8 Å². The van der Waals surface area contributed by atoms with Gasteiger partial charge in [-0.1, -0.05) is 45.0 Å². The lowest BCUT2D eigenvalue weighted by Crippen LogP contribution is -2.31. The number of fused-ring (bicyclic) bond motifs is 1. The minimum Gasteiger partial charge on any atom is -0.462 e. The van der Waals surface area contributed by atoms with Gasteiger partial charge in [-0.15, -0.1) is 11.3 Å². The Morgan fingerprint density at radius 2 is 1.87 bits per heavy atom. The Labute approximate surface area is 189 Å². The first-order valence-corrected chi connectivity index (χ1v) is 11.9. The molecular weight excluding hydrogens is 412 g/mol. The molecule has 4 nitrogen and oxygen atoms in total. The van der Waals surface area contributed by atoms with Crippen LogP contribution in [0.25, 0.3) is 0 Å². The summed E-state index contributed by atoms with van der Waals surface area (Å²) in [6, 6.07) is 8.70. The average molecular weight is 445 g/mol. The fourth-order valence-electron chi connectivity index (χ4n) is 3.76. The molecule has 0 amide bonds. The SMILES string of the molecule is CCOC(=O)c1c(NC(=S)NC(C)c2ccc(C(C)(C)C)cc2)sc2c1CCCC2. The lowest BCUT2D eigenvalue weighted by Gasteiger charge is -2.21. The Hall–Kier alpha value is -1.92. The zero-order chi connectivity index (χ0) is 21.9. The van der Waals surface area contributed by atoms with Gasteiger partial charge >= 0.3 is 5.97 Å². The molecule has 1 aliphatic rings. The largest absolute Gasteiger partial charge is 0.462 e. The molecule has 6 heteroatoms. The minimum atomic E-state index is -0.256. The molecule has 1 atom stereocenters. The van der Waals surface area contributed by atoms with Crippen molar-refractivity contribution in [3.63, 3.8) is 0 Å². The van der Waals surface area contributed by atoms with Crippen LogP contribution in [0.15, 0.2) is 24.3 Å². The normalized spacial score (nSPS) is 14.6. The number of benzene rings is 1. The van der Waals surface area contributed by atoms with E-state index in [2.05, 4.69) is 62.6 Å². The first-order valence-electron chi connectivity index (χ1n) is 10.7. The molecular formula is C24H32N2O2S2. The van der Waals surface area contributed by atoms with Gasteiger partial charge in [-0.05, 0) is 73.9 Å². The molecule has 0 saturated carbocycles. The van der Waals surface area contributed by atoms with E-state index >= 15 is 0 Å². The number of thiophene rings is 1. The molecule has 30 heavy (non-hydrogen) atoms. The number of nitrogens with one attached hydrogen (secondary N) is 2. The van der Waals surface area contributed by atoms with Crippen molar-refractivity contribution in [3.05, 3.63) is 51.4 Å². The first kappa shape index (κ1) is 22.8. The highest BCUT2D eigenvalue weighted by atomic mass is 32.1. The number of carbonyl (C=O) groups excluding carboxylic acids is 1. The number of hydrogen-bond donors (Lipinski definition) is 2. The van der Waals surface area contributed by atoms with Crippen LogP contribution in [-0.4, -0.2) is 17.7 Å². The van der Waals surface area contributed by atoms with Crippen molar-refractivity contribution in [2.75, 3.05) is 11.9 Å². The Kier molecular flexibility index (Phi) is 7.19. The fraction of sp³-hybridized carbons (Fsp3) is 0.500. The maximum absolute atomic E-state index is 12.6. The smallest absolute Gasteiger partial charge is 0.341 e. The number of carbonyl (C=O) groups is 1. The first-order chi connectivity index (χ1) is 14.2. The lowest BCUT2D eigenvalue weighted by molar-refractivity contribution is 0.0526. The van der Waals surface area contributed by atoms with Gasteiger partial charge in [0.05, 0.1) is 18.2 Å². The molecule has 3 rings (SSSR count). The van der Waals surface area contributed by atoms with Crippen LogP contribution >= 0.6 is 23.6 Å². The molecule has 0 fully saturated rings. The van der Waals surface area contributed by atoms with Gasteiger partial charge in [-0.25, -0.2) is 4.79 Å². The molecule has 0 bridgehead atoms. The van der Waals surface area contributed by atoms with Crippen LogP contribution in [0.5, 0.6) is 0 Å². The van der Waals surface area contributed by atoms with Crippen LogP contribution in [0.4, 0.5) is 5.00 Å². The van der Waals surface area contributed by atoms with Gasteiger partial charge in [0.25, 0.3) is 0 Å². The van der Waals surface area contributed by atoms with Crippen molar-refractivity contribution in [1.82, 2.24) is 5.32 Å². The van der Waals surface area contributed by atoms with Crippen LogP contribution < -0.4 is 10.6 Å². The molecule has 2 N–H and O–H groups in total. The van der Waals surface area contributed by atoms with Crippen LogP contribution in [-0.2, 0) is 23.0 Å². The number of aryl methyl sites for hydroxylation is 1. The number of ether oxygens (including phenoxy) is 1. The van der Waals surface area contributed by atoms with E-state index in [-0.39, 0.29) is 17.4 Å². The van der Waals surface area contributed by atoms with Crippen LogP contribution in [0.2, 0.25) is 0 Å². The van der Waals surface area contributed by atoms with Gasteiger partial charge in [0.1, 0.15) is 5.00 Å². The third kappa shape index (κ3) is 5.22. The molecule has 2 aromatic rings. The van der Waals surface area contributed by atoms with Gasteiger partial charge in [0.15, 0.2) is 5.11 Å². The maximum atomic E-state index is 12.6. The topological polar surface area (TPSA) is 50.4 Å². The van der Waals surface area contributed by atoms with Crippen molar-refractivity contribution in [2.24, 2.45) is 0 Å². The van der Waals surface area contributed by atoms with Gasteiger partial charge in [0, 0.05) is 4.88 Å². The third-order valence-electron chi connectivity index (χ3n) is 5.50. The third-order valence-corrected chi connectivity index (χ3v) is 6.93. The van der Waals surface area contributed by atoms with Gasteiger partial charge < -0.3 is 15.4 Å². The predicted octanol–water partition coefficient (Wildman–Crippen LogP) is 6.15. The number of esters is 1. The highest BCUT2D eigenvalue weighted by Crippen LogP contribution is 2.38. The fourth-order valence-corrected chi connectivity index (χ4v) is 5.39. The molecule has 162 valence electrons. The Bertz CT molecular complexity index is 911. The predicted molar refractivity (Wildman–Crippen MR) is 130 cm³/mol. The summed E-state index contributed by atoms with van der Waals surface area (Å²) >= 11 is 7.21. The minimum absolute atomic E-state index is 0.0552. The second kappa shape index (κ2) is 9.48. The zero-order valence-electron chi connectivity index (χ0n) is 18.6. The number of anilines is 1. The van der Waals surface area contributed by atoms with E-state index in [1.807, 2.05) is 6.92 Å².